The zero-order valence-electron chi connectivity index (χ0n) is 13.5. The van der Waals surface area contributed by atoms with Gasteiger partial charge in [0.25, 0.3) is 0 Å². The van der Waals surface area contributed by atoms with Gasteiger partial charge in [0, 0.05) is 18.5 Å². The maximum atomic E-state index is 12.5. The summed E-state index contributed by atoms with van der Waals surface area (Å²) in [7, 11) is 0. The summed E-state index contributed by atoms with van der Waals surface area (Å²) in [6.07, 6.45) is 8.42. The molecule has 19 heavy (non-hydrogen) atoms. The Balaban J connectivity index is 2.56. The fourth-order valence-corrected chi connectivity index (χ4v) is 3.37. The average molecular weight is 267 g/mol. The van der Waals surface area contributed by atoms with Crippen LogP contribution in [0, 0.1) is 11.8 Å². The van der Waals surface area contributed by atoms with Gasteiger partial charge in [-0.3, -0.25) is 9.69 Å². The van der Waals surface area contributed by atoms with Crippen LogP contribution in [0.2, 0.25) is 0 Å². The van der Waals surface area contributed by atoms with E-state index in [4.69, 9.17) is 0 Å². The predicted molar refractivity (Wildman–Crippen MR) is 82.4 cm³/mol. The second-order valence-corrected chi connectivity index (χ2v) is 6.59. The van der Waals surface area contributed by atoms with E-state index in [-0.39, 0.29) is 0 Å². The van der Waals surface area contributed by atoms with E-state index in [2.05, 4.69) is 32.6 Å². The Morgan fingerprint density at radius 3 is 2.16 bits per heavy atom. The van der Waals surface area contributed by atoms with Crippen LogP contribution < -0.4 is 0 Å². The van der Waals surface area contributed by atoms with Crippen LogP contribution in [0.1, 0.15) is 72.6 Å². The zero-order valence-corrected chi connectivity index (χ0v) is 13.5. The van der Waals surface area contributed by atoms with E-state index >= 15 is 0 Å². The normalized spacial score (nSPS) is 17.6. The van der Waals surface area contributed by atoms with Gasteiger partial charge < -0.3 is 0 Å². The van der Waals surface area contributed by atoms with Crippen molar-refractivity contribution in [3.8, 4) is 0 Å². The first kappa shape index (κ1) is 16.7. The third kappa shape index (κ3) is 5.64. The molecule has 0 aliphatic heterocycles. The topological polar surface area (TPSA) is 20.3 Å². The molecule has 2 nitrogen and oxygen atoms in total. The molecule has 0 aromatic carbocycles. The van der Waals surface area contributed by atoms with Crippen molar-refractivity contribution >= 4 is 5.78 Å². The molecule has 0 unspecified atom stereocenters. The maximum absolute atomic E-state index is 12.5. The standard InChI is InChI=1S/C17H33NO/c1-5-16(6-2)18(12-14(3)4)13-17(19)15-10-8-7-9-11-15/h14-16H,5-13H2,1-4H3. The summed E-state index contributed by atoms with van der Waals surface area (Å²) < 4.78 is 0. The number of Topliss-reactive ketones (excluding diaryl/α,β-unsaturated/α-hetero) is 1. The summed E-state index contributed by atoms with van der Waals surface area (Å²) in [6.45, 7) is 10.7. The van der Waals surface area contributed by atoms with E-state index in [0.29, 0.717) is 30.2 Å². The molecule has 1 aliphatic carbocycles. The van der Waals surface area contributed by atoms with Gasteiger partial charge in [0.2, 0.25) is 0 Å². The molecule has 1 fully saturated rings. The molecule has 0 aromatic heterocycles. The van der Waals surface area contributed by atoms with Crippen molar-refractivity contribution in [3.63, 3.8) is 0 Å². The minimum Gasteiger partial charge on any atom is -0.298 e. The molecule has 0 atom stereocenters. The average Bonchev–Trinajstić information content (AvgIpc) is 2.40. The van der Waals surface area contributed by atoms with E-state index in [1.165, 1.54) is 19.3 Å². The largest absolute Gasteiger partial charge is 0.298 e. The van der Waals surface area contributed by atoms with E-state index in [9.17, 15) is 4.79 Å². The number of hydrogen-bond acceptors (Lipinski definition) is 2. The first-order valence-electron chi connectivity index (χ1n) is 8.35. The van der Waals surface area contributed by atoms with Crippen LogP contribution in [-0.4, -0.2) is 29.8 Å². The Labute approximate surface area is 119 Å². The molecule has 2 heteroatoms. The predicted octanol–water partition coefficient (Wildman–Crippen LogP) is 4.28. The van der Waals surface area contributed by atoms with Crippen molar-refractivity contribution in [1.29, 1.82) is 0 Å². The molecular weight excluding hydrogens is 234 g/mol. The minimum absolute atomic E-state index is 0.359. The summed E-state index contributed by atoms with van der Waals surface area (Å²) in [5.41, 5.74) is 0. The van der Waals surface area contributed by atoms with Gasteiger partial charge in [-0.05, 0) is 31.6 Å². The molecule has 0 N–H and O–H groups in total. The fourth-order valence-electron chi connectivity index (χ4n) is 3.37. The Morgan fingerprint density at radius 1 is 1.11 bits per heavy atom. The van der Waals surface area contributed by atoms with Gasteiger partial charge in [-0.25, -0.2) is 0 Å². The molecule has 1 rings (SSSR count). The number of carbonyl (C=O) groups excluding carboxylic acids is 1. The molecule has 0 aromatic rings. The molecular formula is C17H33NO. The van der Waals surface area contributed by atoms with Crippen LogP contribution in [0.15, 0.2) is 0 Å². The van der Waals surface area contributed by atoms with Crippen LogP contribution in [0.4, 0.5) is 0 Å². The first-order valence-corrected chi connectivity index (χ1v) is 8.35. The molecule has 0 bridgehead atoms. The molecule has 0 radical (unpaired) electrons. The second-order valence-electron chi connectivity index (χ2n) is 6.59. The highest BCUT2D eigenvalue weighted by molar-refractivity contribution is 5.83. The number of rotatable bonds is 8. The van der Waals surface area contributed by atoms with Crippen molar-refractivity contribution in [3.05, 3.63) is 0 Å². The number of hydrogen-bond donors (Lipinski definition) is 0. The smallest absolute Gasteiger partial charge is 0.149 e. The van der Waals surface area contributed by atoms with Crippen LogP contribution in [0.25, 0.3) is 0 Å². The lowest BCUT2D eigenvalue weighted by Crippen LogP contribution is -2.42. The number of ketones is 1. The van der Waals surface area contributed by atoms with E-state index in [1.54, 1.807) is 0 Å². The van der Waals surface area contributed by atoms with Crippen LogP contribution in [0.3, 0.4) is 0 Å². The monoisotopic (exact) mass is 267 g/mol. The van der Waals surface area contributed by atoms with Crippen molar-refractivity contribution in [2.24, 2.45) is 11.8 Å². The summed E-state index contributed by atoms with van der Waals surface area (Å²) in [6, 6.07) is 0.579. The molecule has 0 amide bonds. The SMILES string of the molecule is CCC(CC)N(CC(=O)C1CCCCC1)CC(C)C. The highest BCUT2D eigenvalue weighted by Crippen LogP contribution is 2.25. The molecule has 1 saturated carbocycles. The number of nitrogens with zero attached hydrogens (tertiary/aromatic N) is 1. The summed E-state index contributed by atoms with van der Waals surface area (Å²) in [5, 5.41) is 0. The Bertz CT molecular complexity index is 252. The van der Waals surface area contributed by atoms with Crippen molar-refractivity contribution < 1.29 is 4.79 Å². The highest BCUT2D eigenvalue weighted by Gasteiger charge is 2.25. The van der Waals surface area contributed by atoms with Gasteiger partial charge in [0.05, 0.1) is 6.54 Å². The molecule has 0 spiro atoms. The van der Waals surface area contributed by atoms with Gasteiger partial charge >= 0.3 is 0 Å². The van der Waals surface area contributed by atoms with E-state index in [0.717, 1.165) is 32.2 Å². The Kier molecular flexibility index (Phi) is 7.67. The molecule has 0 heterocycles. The molecule has 0 saturated heterocycles. The molecule has 112 valence electrons. The summed E-state index contributed by atoms with van der Waals surface area (Å²) in [5.74, 6) is 1.50. The lowest BCUT2D eigenvalue weighted by Gasteiger charge is -2.33. The first-order chi connectivity index (χ1) is 9.08. The zero-order chi connectivity index (χ0) is 14.3. The second kappa shape index (κ2) is 8.73. The Hall–Kier alpha value is -0.370. The number of carbonyl (C=O) groups is 1. The minimum atomic E-state index is 0.359. The third-order valence-electron chi connectivity index (χ3n) is 4.48. The van der Waals surface area contributed by atoms with Crippen molar-refractivity contribution in [2.75, 3.05) is 13.1 Å². The highest BCUT2D eigenvalue weighted by atomic mass is 16.1. The van der Waals surface area contributed by atoms with Gasteiger partial charge in [0.1, 0.15) is 5.78 Å². The lowest BCUT2D eigenvalue weighted by molar-refractivity contribution is -0.125. The van der Waals surface area contributed by atoms with Crippen LogP contribution in [-0.2, 0) is 4.79 Å². The van der Waals surface area contributed by atoms with E-state index in [1.807, 2.05) is 0 Å². The van der Waals surface area contributed by atoms with Gasteiger partial charge in [-0.15, -0.1) is 0 Å². The lowest BCUT2D eigenvalue weighted by atomic mass is 9.86. The fraction of sp³-hybridized carbons (Fsp3) is 0.941. The summed E-state index contributed by atoms with van der Waals surface area (Å²) in [4.78, 5) is 14.9. The Morgan fingerprint density at radius 2 is 1.68 bits per heavy atom. The van der Waals surface area contributed by atoms with Gasteiger partial charge in [0.15, 0.2) is 0 Å². The van der Waals surface area contributed by atoms with Gasteiger partial charge in [-0.1, -0.05) is 47.0 Å². The van der Waals surface area contributed by atoms with Gasteiger partial charge in [-0.2, -0.15) is 0 Å². The van der Waals surface area contributed by atoms with E-state index < -0.39 is 0 Å². The van der Waals surface area contributed by atoms with Crippen molar-refractivity contribution in [2.45, 2.75) is 78.7 Å². The molecule has 1 aliphatic rings. The summed E-state index contributed by atoms with van der Waals surface area (Å²) >= 11 is 0. The van der Waals surface area contributed by atoms with Crippen LogP contribution in [0.5, 0.6) is 0 Å². The van der Waals surface area contributed by atoms with Crippen LogP contribution >= 0.6 is 0 Å². The quantitative estimate of drug-likeness (QED) is 0.654. The van der Waals surface area contributed by atoms with Crippen molar-refractivity contribution in [1.82, 2.24) is 4.90 Å². The maximum Gasteiger partial charge on any atom is 0.149 e. The third-order valence-corrected chi connectivity index (χ3v) is 4.48.